The van der Waals surface area contributed by atoms with Gasteiger partial charge in [0.05, 0.1) is 0 Å². The lowest BCUT2D eigenvalue weighted by Gasteiger charge is -2.25. The summed E-state index contributed by atoms with van der Waals surface area (Å²) in [6.07, 6.45) is 1.05. The molecule has 0 N–H and O–H groups in total. The molecule has 0 bridgehead atoms. The standard InChI is InChI=1S/C7H13Cl2F/c1-4-6(2,3)5-7(8,9)10/h4-5H2,1-3H3. The van der Waals surface area contributed by atoms with Crippen molar-refractivity contribution < 1.29 is 4.39 Å². The minimum Gasteiger partial charge on any atom is -0.208 e. The highest BCUT2D eigenvalue weighted by Gasteiger charge is 2.31. The first kappa shape index (κ1) is 10.5. The molecule has 62 valence electrons. The highest BCUT2D eigenvalue weighted by molar-refractivity contribution is 6.47. The van der Waals surface area contributed by atoms with Crippen LogP contribution in [0.5, 0.6) is 0 Å². The van der Waals surface area contributed by atoms with Crippen LogP contribution in [-0.4, -0.2) is 4.59 Å². The fourth-order valence-corrected chi connectivity index (χ4v) is 1.39. The van der Waals surface area contributed by atoms with Gasteiger partial charge in [-0.1, -0.05) is 50.4 Å². The smallest absolute Gasteiger partial charge is 0.208 e. The van der Waals surface area contributed by atoms with Crippen LogP contribution in [0.4, 0.5) is 4.39 Å². The summed E-state index contributed by atoms with van der Waals surface area (Å²) in [7, 11) is 0. The summed E-state index contributed by atoms with van der Waals surface area (Å²) >= 11 is 10.4. The molecule has 0 rings (SSSR count). The van der Waals surface area contributed by atoms with Gasteiger partial charge in [0.2, 0.25) is 0 Å². The molecule has 0 radical (unpaired) electrons. The van der Waals surface area contributed by atoms with Crippen LogP contribution in [-0.2, 0) is 0 Å². The van der Waals surface area contributed by atoms with Crippen molar-refractivity contribution in [1.82, 2.24) is 0 Å². The van der Waals surface area contributed by atoms with Crippen molar-refractivity contribution in [3.63, 3.8) is 0 Å². The van der Waals surface area contributed by atoms with Crippen molar-refractivity contribution in [2.75, 3.05) is 0 Å². The zero-order valence-corrected chi connectivity index (χ0v) is 8.06. The lowest BCUT2D eigenvalue weighted by Crippen LogP contribution is -2.19. The predicted molar refractivity (Wildman–Crippen MR) is 44.2 cm³/mol. The Hall–Kier alpha value is 0.510. The molecule has 0 saturated carbocycles. The lowest BCUT2D eigenvalue weighted by atomic mass is 9.87. The van der Waals surface area contributed by atoms with Crippen LogP contribution in [0.1, 0.15) is 33.6 Å². The predicted octanol–water partition coefficient (Wildman–Crippen LogP) is 3.91. The summed E-state index contributed by atoms with van der Waals surface area (Å²) in [5.41, 5.74) is -0.113. The fourth-order valence-electron chi connectivity index (χ4n) is 0.668. The largest absolute Gasteiger partial charge is 0.257 e. The molecule has 0 aliphatic heterocycles. The van der Waals surface area contributed by atoms with Crippen LogP contribution in [0.3, 0.4) is 0 Å². The zero-order chi connectivity index (χ0) is 8.41. The van der Waals surface area contributed by atoms with E-state index in [-0.39, 0.29) is 11.8 Å². The third-order valence-electron chi connectivity index (χ3n) is 1.64. The monoisotopic (exact) mass is 186 g/mol. The minimum absolute atomic E-state index is 0.113. The Kier molecular flexibility index (Phi) is 3.44. The van der Waals surface area contributed by atoms with Crippen molar-refractivity contribution in [2.24, 2.45) is 5.41 Å². The van der Waals surface area contributed by atoms with Gasteiger partial charge in [0.25, 0.3) is 4.59 Å². The van der Waals surface area contributed by atoms with Gasteiger partial charge in [-0.15, -0.1) is 0 Å². The van der Waals surface area contributed by atoms with Crippen LogP contribution in [0.2, 0.25) is 0 Å². The van der Waals surface area contributed by atoms with E-state index in [2.05, 4.69) is 0 Å². The summed E-state index contributed by atoms with van der Waals surface area (Å²) in [6.45, 7) is 5.86. The second-order valence-electron chi connectivity index (χ2n) is 3.31. The maximum Gasteiger partial charge on any atom is 0.257 e. The maximum absolute atomic E-state index is 12.6. The molecule has 0 aromatic rings. The number of alkyl halides is 3. The van der Waals surface area contributed by atoms with E-state index in [9.17, 15) is 4.39 Å². The molecule has 0 aromatic heterocycles. The van der Waals surface area contributed by atoms with Gasteiger partial charge in [-0.3, -0.25) is 0 Å². The molecule has 0 unspecified atom stereocenters. The first-order chi connectivity index (χ1) is 4.27. The maximum atomic E-state index is 12.6. The topological polar surface area (TPSA) is 0 Å². The second-order valence-corrected chi connectivity index (χ2v) is 4.70. The molecule has 0 spiro atoms. The average Bonchev–Trinajstić information content (AvgIpc) is 1.60. The summed E-state index contributed by atoms with van der Waals surface area (Å²) < 4.78 is 10.5. The molecule has 0 amide bonds. The summed E-state index contributed by atoms with van der Waals surface area (Å²) in [6, 6.07) is 0. The van der Waals surface area contributed by atoms with E-state index in [0.29, 0.717) is 0 Å². The van der Waals surface area contributed by atoms with Gasteiger partial charge in [-0.05, 0) is 5.41 Å². The molecule has 0 saturated heterocycles. The van der Waals surface area contributed by atoms with E-state index in [0.717, 1.165) is 6.42 Å². The molecule has 0 heterocycles. The second kappa shape index (κ2) is 3.27. The van der Waals surface area contributed by atoms with Gasteiger partial charge in [0.1, 0.15) is 0 Å². The number of hydrogen-bond acceptors (Lipinski definition) is 0. The molecule has 0 nitrogen and oxygen atoms in total. The Labute approximate surface area is 71.7 Å². The number of halogens is 3. The van der Waals surface area contributed by atoms with Gasteiger partial charge < -0.3 is 0 Å². The van der Waals surface area contributed by atoms with Gasteiger partial charge in [0.15, 0.2) is 0 Å². The highest BCUT2D eigenvalue weighted by Crippen LogP contribution is 2.38. The van der Waals surface area contributed by atoms with Crippen LogP contribution in [0, 0.1) is 5.41 Å². The first-order valence-electron chi connectivity index (χ1n) is 3.33. The number of rotatable bonds is 3. The van der Waals surface area contributed by atoms with Crippen molar-refractivity contribution in [2.45, 2.75) is 38.2 Å². The van der Waals surface area contributed by atoms with E-state index < -0.39 is 4.59 Å². The third kappa shape index (κ3) is 5.31. The van der Waals surface area contributed by atoms with Crippen LogP contribution >= 0.6 is 23.2 Å². The van der Waals surface area contributed by atoms with Gasteiger partial charge >= 0.3 is 0 Å². The molecule has 10 heavy (non-hydrogen) atoms. The van der Waals surface area contributed by atoms with Gasteiger partial charge in [0, 0.05) is 6.42 Å². The molecular formula is C7H13Cl2F. The SMILES string of the molecule is CCC(C)(C)CC(F)(Cl)Cl. The quantitative estimate of drug-likeness (QED) is 0.587. The van der Waals surface area contributed by atoms with E-state index in [1.807, 2.05) is 20.8 Å². The number of hydrogen-bond donors (Lipinski definition) is 0. The van der Waals surface area contributed by atoms with Crippen molar-refractivity contribution in [3.8, 4) is 0 Å². The third-order valence-corrected chi connectivity index (χ3v) is 1.90. The van der Waals surface area contributed by atoms with Gasteiger partial charge in [-0.25, -0.2) is 4.39 Å². The van der Waals surface area contributed by atoms with Crippen LogP contribution < -0.4 is 0 Å². The summed E-state index contributed by atoms with van der Waals surface area (Å²) in [5, 5.41) is 0. The Bertz CT molecular complexity index is 105. The van der Waals surface area contributed by atoms with Crippen molar-refractivity contribution >= 4 is 23.2 Å². The minimum atomic E-state index is -2.07. The normalized spacial score (nSPS) is 13.8. The van der Waals surface area contributed by atoms with Crippen LogP contribution in [0.15, 0.2) is 0 Å². The van der Waals surface area contributed by atoms with Crippen LogP contribution in [0.25, 0.3) is 0 Å². The average molecular weight is 187 g/mol. The molecular weight excluding hydrogens is 174 g/mol. The van der Waals surface area contributed by atoms with Gasteiger partial charge in [-0.2, -0.15) is 0 Å². The van der Waals surface area contributed by atoms with Crippen molar-refractivity contribution in [1.29, 1.82) is 0 Å². The zero-order valence-electron chi connectivity index (χ0n) is 6.55. The van der Waals surface area contributed by atoms with Crippen molar-refractivity contribution in [3.05, 3.63) is 0 Å². The summed E-state index contributed by atoms with van der Waals surface area (Å²) in [4.78, 5) is 0. The Morgan fingerprint density at radius 1 is 1.30 bits per heavy atom. The van der Waals surface area contributed by atoms with E-state index in [1.54, 1.807) is 0 Å². The molecule has 0 fully saturated rings. The molecule has 0 aliphatic rings. The highest BCUT2D eigenvalue weighted by atomic mass is 35.5. The Morgan fingerprint density at radius 3 is 1.80 bits per heavy atom. The first-order valence-corrected chi connectivity index (χ1v) is 4.09. The molecule has 0 atom stereocenters. The van der Waals surface area contributed by atoms with E-state index in [4.69, 9.17) is 23.2 Å². The lowest BCUT2D eigenvalue weighted by molar-refractivity contribution is 0.230. The molecule has 0 aromatic carbocycles. The fraction of sp³-hybridized carbons (Fsp3) is 1.00. The Balaban J connectivity index is 3.89. The van der Waals surface area contributed by atoms with E-state index in [1.165, 1.54) is 0 Å². The molecule has 0 aliphatic carbocycles. The Morgan fingerprint density at radius 2 is 1.70 bits per heavy atom. The molecule has 3 heteroatoms. The van der Waals surface area contributed by atoms with E-state index >= 15 is 0 Å². The summed E-state index contributed by atoms with van der Waals surface area (Å²) in [5.74, 6) is 0.